The number of hydrogen-bond acceptors (Lipinski definition) is 5. The maximum absolute atomic E-state index is 13.7. The van der Waals surface area contributed by atoms with Crippen LogP contribution in [0.1, 0.15) is 36.0 Å². The molecule has 3 aliphatic heterocycles. The Kier molecular flexibility index (Phi) is 5.44. The molecule has 0 aromatic heterocycles. The predicted molar refractivity (Wildman–Crippen MR) is 133 cm³/mol. The predicted octanol–water partition coefficient (Wildman–Crippen LogP) is 3.06. The van der Waals surface area contributed by atoms with E-state index in [0.29, 0.717) is 31.7 Å². The molecule has 0 unspecified atom stereocenters. The van der Waals surface area contributed by atoms with E-state index in [9.17, 15) is 9.59 Å². The second-order valence-electron chi connectivity index (χ2n) is 10.2. The van der Waals surface area contributed by atoms with Crippen molar-refractivity contribution in [3.8, 4) is 0 Å². The molecule has 178 valence electrons. The second-order valence-corrected chi connectivity index (χ2v) is 10.2. The van der Waals surface area contributed by atoms with E-state index in [1.165, 1.54) is 12.8 Å². The van der Waals surface area contributed by atoms with Gasteiger partial charge >= 0.3 is 0 Å². The van der Waals surface area contributed by atoms with Crippen LogP contribution < -0.4 is 10.2 Å². The summed E-state index contributed by atoms with van der Waals surface area (Å²) in [5.74, 6) is 1.10. The number of fused-ring (bicyclic) bond motifs is 1. The zero-order valence-electron chi connectivity index (χ0n) is 19.7. The Morgan fingerprint density at radius 3 is 2.38 bits per heavy atom. The van der Waals surface area contributed by atoms with Crippen molar-refractivity contribution in [3.05, 3.63) is 60.2 Å². The standard InChI is InChI=1S/C27H33N5O2/c33-25-23-8-4-5-9-24(23)28-19-30(25)17-16-29-14-12-27(13-15-29)26(34)31(18-21-10-11-21)20-32(27)22-6-2-1-3-7-22/h1-9,21,28H,10-20H2. The molecule has 2 saturated heterocycles. The number of para-hydroxylation sites is 2. The highest BCUT2D eigenvalue weighted by Crippen LogP contribution is 2.41. The molecular weight excluding hydrogens is 426 g/mol. The summed E-state index contributed by atoms with van der Waals surface area (Å²) in [6.07, 6.45) is 4.17. The van der Waals surface area contributed by atoms with Crippen molar-refractivity contribution < 1.29 is 9.59 Å². The van der Waals surface area contributed by atoms with Crippen LogP contribution in [0.15, 0.2) is 54.6 Å². The summed E-state index contributed by atoms with van der Waals surface area (Å²) < 4.78 is 0. The Hall–Kier alpha value is -3.06. The van der Waals surface area contributed by atoms with Crippen LogP contribution >= 0.6 is 0 Å². The smallest absolute Gasteiger partial charge is 0.257 e. The maximum Gasteiger partial charge on any atom is 0.257 e. The molecule has 34 heavy (non-hydrogen) atoms. The van der Waals surface area contributed by atoms with E-state index in [0.717, 1.165) is 56.0 Å². The molecule has 1 spiro atoms. The first-order chi connectivity index (χ1) is 16.6. The van der Waals surface area contributed by atoms with Crippen molar-refractivity contribution in [1.29, 1.82) is 0 Å². The third-order valence-electron chi connectivity index (χ3n) is 8.03. The molecule has 7 nitrogen and oxygen atoms in total. The number of carbonyl (C=O) groups excluding carboxylic acids is 2. The summed E-state index contributed by atoms with van der Waals surface area (Å²) in [4.78, 5) is 35.4. The van der Waals surface area contributed by atoms with E-state index >= 15 is 0 Å². The summed E-state index contributed by atoms with van der Waals surface area (Å²) in [6, 6.07) is 18.1. The second kappa shape index (κ2) is 8.62. The Labute approximate surface area is 201 Å². The van der Waals surface area contributed by atoms with Gasteiger partial charge in [-0.1, -0.05) is 30.3 Å². The lowest BCUT2D eigenvalue weighted by atomic mass is 9.85. The van der Waals surface area contributed by atoms with E-state index in [1.54, 1.807) is 0 Å². The van der Waals surface area contributed by atoms with Gasteiger partial charge < -0.3 is 24.9 Å². The Bertz CT molecular complexity index is 1060. The zero-order valence-corrected chi connectivity index (χ0v) is 19.7. The van der Waals surface area contributed by atoms with Crippen molar-refractivity contribution in [2.75, 3.05) is 56.3 Å². The van der Waals surface area contributed by atoms with Crippen molar-refractivity contribution in [2.45, 2.75) is 31.2 Å². The van der Waals surface area contributed by atoms with Gasteiger partial charge in [0, 0.05) is 44.1 Å². The van der Waals surface area contributed by atoms with Crippen LogP contribution in [-0.4, -0.2) is 78.1 Å². The number of hydrogen-bond donors (Lipinski definition) is 1. The van der Waals surface area contributed by atoms with E-state index < -0.39 is 5.54 Å². The summed E-state index contributed by atoms with van der Waals surface area (Å²) in [7, 11) is 0. The highest BCUT2D eigenvalue weighted by Gasteiger charge is 2.54. The van der Waals surface area contributed by atoms with E-state index in [2.05, 4.69) is 44.3 Å². The van der Waals surface area contributed by atoms with Gasteiger partial charge in [0.2, 0.25) is 5.91 Å². The number of rotatable bonds is 6. The first kappa shape index (κ1) is 21.5. The van der Waals surface area contributed by atoms with Gasteiger partial charge in [-0.2, -0.15) is 0 Å². The van der Waals surface area contributed by atoms with Crippen LogP contribution in [0, 0.1) is 5.92 Å². The minimum Gasteiger partial charge on any atom is -0.367 e. The number of nitrogens with one attached hydrogen (secondary N) is 1. The van der Waals surface area contributed by atoms with Gasteiger partial charge in [0.1, 0.15) is 5.54 Å². The number of carbonyl (C=O) groups is 2. The minimum atomic E-state index is -0.436. The Morgan fingerprint density at radius 2 is 1.62 bits per heavy atom. The topological polar surface area (TPSA) is 59.1 Å². The fourth-order valence-corrected chi connectivity index (χ4v) is 5.79. The van der Waals surface area contributed by atoms with Crippen molar-refractivity contribution in [1.82, 2.24) is 14.7 Å². The van der Waals surface area contributed by atoms with Gasteiger partial charge in [-0.15, -0.1) is 0 Å². The molecule has 2 aromatic carbocycles. The molecule has 0 bridgehead atoms. The lowest BCUT2D eigenvalue weighted by molar-refractivity contribution is -0.133. The van der Waals surface area contributed by atoms with Crippen molar-refractivity contribution in [2.24, 2.45) is 5.92 Å². The third-order valence-corrected chi connectivity index (χ3v) is 8.03. The molecule has 2 aromatic rings. The van der Waals surface area contributed by atoms with Gasteiger partial charge in [0.05, 0.1) is 18.9 Å². The van der Waals surface area contributed by atoms with Gasteiger partial charge in [-0.3, -0.25) is 9.59 Å². The molecule has 6 rings (SSSR count). The highest BCUT2D eigenvalue weighted by molar-refractivity contribution is 6.01. The molecule has 3 fully saturated rings. The van der Waals surface area contributed by atoms with Gasteiger partial charge in [-0.25, -0.2) is 0 Å². The Balaban J connectivity index is 1.11. The van der Waals surface area contributed by atoms with Crippen LogP contribution in [0.3, 0.4) is 0 Å². The molecule has 2 amide bonds. The van der Waals surface area contributed by atoms with E-state index in [1.807, 2.05) is 35.2 Å². The number of piperidine rings is 1. The number of anilines is 2. The molecule has 4 aliphatic rings. The molecule has 0 radical (unpaired) electrons. The first-order valence-electron chi connectivity index (χ1n) is 12.6. The molecule has 0 atom stereocenters. The normalized spacial score (nSPS) is 22.3. The van der Waals surface area contributed by atoms with Crippen LogP contribution in [-0.2, 0) is 4.79 Å². The highest BCUT2D eigenvalue weighted by atomic mass is 16.2. The molecular formula is C27H33N5O2. The fraction of sp³-hybridized carbons (Fsp3) is 0.481. The summed E-state index contributed by atoms with van der Waals surface area (Å²) in [5, 5.41) is 3.36. The van der Waals surface area contributed by atoms with Crippen molar-refractivity contribution in [3.63, 3.8) is 0 Å². The number of likely N-dealkylation sites (tertiary alicyclic amines) is 1. The number of nitrogens with zero attached hydrogens (tertiary/aromatic N) is 4. The summed E-state index contributed by atoms with van der Waals surface area (Å²) >= 11 is 0. The average molecular weight is 460 g/mol. The van der Waals surface area contributed by atoms with E-state index in [-0.39, 0.29) is 5.91 Å². The lowest BCUT2D eigenvalue weighted by Crippen LogP contribution is -2.57. The molecule has 1 saturated carbocycles. The Morgan fingerprint density at radius 1 is 0.882 bits per heavy atom. The van der Waals surface area contributed by atoms with E-state index in [4.69, 9.17) is 0 Å². The van der Waals surface area contributed by atoms with Gasteiger partial charge in [0.15, 0.2) is 0 Å². The van der Waals surface area contributed by atoms with Gasteiger partial charge in [-0.05, 0) is 55.9 Å². The monoisotopic (exact) mass is 459 g/mol. The van der Waals surface area contributed by atoms with Crippen LogP contribution in [0.25, 0.3) is 0 Å². The average Bonchev–Trinajstić information content (AvgIpc) is 3.67. The molecule has 1 aliphatic carbocycles. The largest absolute Gasteiger partial charge is 0.367 e. The molecule has 1 N–H and O–H groups in total. The first-order valence-corrected chi connectivity index (χ1v) is 12.6. The summed E-state index contributed by atoms with van der Waals surface area (Å²) in [6.45, 7) is 5.42. The maximum atomic E-state index is 13.7. The van der Waals surface area contributed by atoms with Crippen LogP contribution in [0.5, 0.6) is 0 Å². The van der Waals surface area contributed by atoms with Crippen LogP contribution in [0.4, 0.5) is 11.4 Å². The molecule has 7 heteroatoms. The lowest BCUT2D eigenvalue weighted by Gasteiger charge is -2.43. The number of benzene rings is 2. The quantitative estimate of drug-likeness (QED) is 0.720. The third kappa shape index (κ3) is 3.82. The van der Waals surface area contributed by atoms with Gasteiger partial charge in [0.25, 0.3) is 5.91 Å². The minimum absolute atomic E-state index is 0.0970. The fourth-order valence-electron chi connectivity index (χ4n) is 5.79. The SMILES string of the molecule is O=C1c2ccccc2NCN1CCN1CCC2(CC1)C(=O)N(CC1CC1)CN2c1ccccc1. The summed E-state index contributed by atoms with van der Waals surface area (Å²) in [5.41, 5.74) is 2.37. The van der Waals surface area contributed by atoms with Crippen molar-refractivity contribution >= 4 is 23.2 Å². The van der Waals surface area contributed by atoms with Crippen LogP contribution in [0.2, 0.25) is 0 Å². The number of amides is 2. The molecule has 3 heterocycles. The zero-order chi connectivity index (χ0) is 23.1.